The number of halogens is 1. The summed E-state index contributed by atoms with van der Waals surface area (Å²) < 4.78 is 44.7. The van der Waals surface area contributed by atoms with Gasteiger partial charge in [0.05, 0.1) is 10.6 Å². The molecule has 0 saturated carbocycles. The molecule has 1 N–H and O–H groups in total. The van der Waals surface area contributed by atoms with Crippen LogP contribution in [0.15, 0.2) is 88.2 Å². The summed E-state index contributed by atoms with van der Waals surface area (Å²) in [7, 11) is -3.56. The van der Waals surface area contributed by atoms with Gasteiger partial charge >= 0.3 is 0 Å². The first-order valence-corrected chi connectivity index (χ1v) is 11.8. The zero-order valence-corrected chi connectivity index (χ0v) is 18.6. The summed E-state index contributed by atoms with van der Waals surface area (Å²) in [6.45, 7) is 1.74. The molecule has 3 aromatic carbocycles. The first-order chi connectivity index (χ1) is 15.8. The van der Waals surface area contributed by atoms with E-state index in [9.17, 15) is 17.6 Å². The summed E-state index contributed by atoms with van der Waals surface area (Å²) in [5.74, 6) is -0.316. The molecule has 4 rings (SSSR count). The van der Waals surface area contributed by atoms with Gasteiger partial charge in [0.1, 0.15) is 17.3 Å². The maximum atomic E-state index is 13.7. The molecule has 1 aromatic heterocycles. The van der Waals surface area contributed by atoms with Gasteiger partial charge in [-0.05, 0) is 49.4 Å². The van der Waals surface area contributed by atoms with Crippen LogP contribution in [0, 0.1) is 12.7 Å². The summed E-state index contributed by atoms with van der Waals surface area (Å²) in [4.78, 5) is 17.0. The van der Waals surface area contributed by atoms with Gasteiger partial charge in [0.25, 0.3) is 5.91 Å². The molecule has 4 aromatic rings. The van der Waals surface area contributed by atoms with Crippen LogP contribution in [0.3, 0.4) is 0 Å². The van der Waals surface area contributed by atoms with E-state index in [2.05, 4.69) is 10.3 Å². The molecule has 0 aliphatic heterocycles. The minimum absolute atomic E-state index is 0.0748. The van der Waals surface area contributed by atoms with E-state index in [-0.39, 0.29) is 34.8 Å². The Kier molecular flexibility index (Phi) is 6.37. The van der Waals surface area contributed by atoms with Gasteiger partial charge in [-0.25, -0.2) is 17.8 Å². The summed E-state index contributed by atoms with van der Waals surface area (Å²) in [6, 6.07) is 21.0. The zero-order valence-electron chi connectivity index (χ0n) is 17.8. The number of rotatable bonds is 7. The smallest absolute Gasteiger partial charge is 0.251 e. The van der Waals surface area contributed by atoms with Gasteiger partial charge in [0.2, 0.25) is 5.89 Å². The molecular weight excluding hydrogens is 443 g/mol. The molecule has 1 amide bonds. The Hall–Kier alpha value is -3.78. The fraction of sp³-hybridized carbons (Fsp3) is 0.120. The van der Waals surface area contributed by atoms with Gasteiger partial charge in [-0.1, -0.05) is 36.4 Å². The van der Waals surface area contributed by atoms with E-state index in [1.165, 1.54) is 6.07 Å². The lowest BCUT2D eigenvalue weighted by Crippen LogP contribution is -2.23. The van der Waals surface area contributed by atoms with Gasteiger partial charge < -0.3 is 9.73 Å². The van der Waals surface area contributed by atoms with Crippen LogP contribution in [-0.4, -0.2) is 19.3 Å². The second-order valence-corrected chi connectivity index (χ2v) is 9.44. The Labute approximate surface area is 191 Å². The van der Waals surface area contributed by atoms with Crippen LogP contribution in [0.1, 0.15) is 27.4 Å². The molecule has 6 nitrogen and oxygen atoms in total. The summed E-state index contributed by atoms with van der Waals surface area (Å²) in [6.07, 6.45) is 0. The number of carbonyl (C=O) groups excluding carboxylic acids is 1. The Morgan fingerprint density at radius 1 is 0.970 bits per heavy atom. The largest absolute Gasteiger partial charge is 0.441 e. The fourth-order valence-corrected chi connectivity index (χ4v) is 4.63. The van der Waals surface area contributed by atoms with Gasteiger partial charge in [0, 0.05) is 23.2 Å². The van der Waals surface area contributed by atoms with Gasteiger partial charge in [-0.3, -0.25) is 4.79 Å². The lowest BCUT2D eigenvalue weighted by atomic mass is 10.1. The monoisotopic (exact) mass is 464 g/mol. The third-order valence-electron chi connectivity index (χ3n) is 5.11. The fourth-order valence-electron chi connectivity index (χ4n) is 3.26. The number of nitrogens with one attached hydrogen (secondary N) is 1. The van der Waals surface area contributed by atoms with Crippen molar-refractivity contribution in [3.63, 3.8) is 0 Å². The van der Waals surface area contributed by atoms with Gasteiger partial charge in [-0.15, -0.1) is 0 Å². The number of benzene rings is 3. The molecule has 0 saturated heterocycles. The zero-order chi connectivity index (χ0) is 23.4. The minimum atomic E-state index is -3.56. The first-order valence-electron chi connectivity index (χ1n) is 10.2. The average molecular weight is 465 g/mol. The van der Waals surface area contributed by atoms with E-state index >= 15 is 0 Å². The average Bonchev–Trinajstić information content (AvgIpc) is 3.18. The van der Waals surface area contributed by atoms with Crippen molar-refractivity contribution in [3.05, 3.63) is 107 Å². The van der Waals surface area contributed by atoms with Crippen LogP contribution in [0.5, 0.6) is 0 Å². The molecule has 0 aliphatic rings. The highest BCUT2D eigenvalue weighted by Crippen LogP contribution is 2.25. The Balaban J connectivity index is 1.46. The maximum absolute atomic E-state index is 13.7. The number of amides is 1. The predicted molar refractivity (Wildman–Crippen MR) is 122 cm³/mol. The van der Waals surface area contributed by atoms with Crippen LogP contribution in [0.2, 0.25) is 0 Å². The number of oxazole rings is 1. The topological polar surface area (TPSA) is 89.3 Å². The van der Waals surface area contributed by atoms with E-state index in [0.717, 1.165) is 0 Å². The standard InChI is InChI=1S/C25H21FN2O4S/c1-17-23(16-33(30,31)21-8-3-2-4-9-21)28-25(32-17)19-13-11-18(12-14-19)24(29)27-15-20-7-5-6-10-22(20)26/h2-14H,15-16H2,1H3,(H,27,29). The van der Waals surface area contributed by atoms with Crippen LogP contribution < -0.4 is 5.32 Å². The van der Waals surface area contributed by atoms with Crippen molar-refractivity contribution >= 4 is 15.7 Å². The number of aryl methyl sites for hydroxylation is 1. The molecule has 0 radical (unpaired) electrons. The SMILES string of the molecule is Cc1oc(-c2ccc(C(=O)NCc3ccccc3F)cc2)nc1CS(=O)(=O)c1ccccc1. The van der Waals surface area contributed by atoms with Crippen molar-refractivity contribution in [1.29, 1.82) is 0 Å². The highest BCUT2D eigenvalue weighted by molar-refractivity contribution is 7.90. The van der Waals surface area contributed by atoms with E-state index in [0.29, 0.717) is 28.1 Å². The molecule has 1 heterocycles. The van der Waals surface area contributed by atoms with Crippen LogP contribution in [-0.2, 0) is 22.1 Å². The summed E-state index contributed by atoms with van der Waals surface area (Å²) in [5, 5.41) is 2.69. The Morgan fingerprint density at radius 3 is 2.33 bits per heavy atom. The van der Waals surface area contributed by atoms with Crippen molar-refractivity contribution in [1.82, 2.24) is 10.3 Å². The Morgan fingerprint density at radius 2 is 1.64 bits per heavy atom. The number of carbonyl (C=O) groups is 1. The molecule has 0 spiro atoms. The quantitative estimate of drug-likeness (QED) is 0.429. The van der Waals surface area contributed by atoms with E-state index in [1.54, 1.807) is 79.7 Å². The minimum Gasteiger partial charge on any atom is -0.441 e. The van der Waals surface area contributed by atoms with Crippen molar-refractivity contribution in [2.24, 2.45) is 0 Å². The van der Waals surface area contributed by atoms with Crippen LogP contribution >= 0.6 is 0 Å². The van der Waals surface area contributed by atoms with Crippen molar-refractivity contribution < 1.29 is 22.0 Å². The molecule has 8 heteroatoms. The highest BCUT2D eigenvalue weighted by atomic mass is 32.2. The number of hydrogen-bond donors (Lipinski definition) is 1. The Bertz CT molecular complexity index is 1380. The molecule has 33 heavy (non-hydrogen) atoms. The number of hydrogen-bond acceptors (Lipinski definition) is 5. The number of nitrogens with zero attached hydrogens (tertiary/aromatic N) is 1. The maximum Gasteiger partial charge on any atom is 0.251 e. The van der Waals surface area contributed by atoms with E-state index < -0.39 is 9.84 Å². The van der Waals surface area contributed by atoms with Crippen molar-refractivity contribution in [2.75, 3.05) is 0 Å². The van der Waals surface area contributed by atoms with E-state index in [1.807, 2.05) is 0 Å². The molecule has 0 atom stereocenters. The molecule has 168 valence electrons. The second-order valence-electron chi connectivity index (χ2n) is 7.45. The molecule has 0 bridgehead atoms. The lowest BCUT2D eigenvalue weighted by molar-refractivity contribution is 0.0950. The molecule has 0 fully saturated rings. The number of sulfone groups is 1. The summed E-state index contributed by atoms with van der Waals surface area (Å²) >= 11 is 0. The predicted octanol–water partition coefficient (Wildman–Crippen LogP) is 4.69. The van der Waals surface area contributed by atoms with Crippen LogP contribution in [0.4, 0.5) is 4.39 Å². The third kappa shape index (κ3) is 5.18. The van der Waals surface area contributed by atoms with Crippen LogP contribution in [0.25, 0.3) is 11.5 Å². The lowest BCUT2D eigenvalue weighted by Gasteiger charge is -2.06. The molecule has 0 unspecified atom stereocenters. The second kappa shape index (κ2) is 9.38. The first kappa shape index (κ1) is 22.4. The number of aromatic nitrogens is 1. The summed E-state index contributed by atoms with van der Waals surface area (Å²) in [5.41, 5.74) is 1.73. The molecular formula is C25H21FN2O4S. The third-order valence-corrected chi connectivity index (χ3v) is 6.76. The normalized spacial score (nSPS) is 11.3. The molecule has 0 aliphatic carbocycles. The van der Waals surface area contributed by atoms with Gasteiger partial charge in [-0.2, -0.15) is 0 Å². The van der Waals surface area contributed by atoms with E-state index in [4.69, 9.17) is 4.42 Å². The van der Waals surface area contributed by atoms with Crippen molar-refractivity contribution in [3.8, 4) is 11.5 Å². The van der Waals surface area contributed by atoms with Crippen molar-refractivity contribution in [2.45, 2.75) is 24.1 Å². The van der Waals surface area contributed by atoms with Gasteiger partial charge in [0.15, 0.2) is 9.84 Å². The highest BCUT2D eigenvalue weighted by Gasteiger charge is 2.21.